The molecular weight excluding hydrogens is 504 g/mol. The minimum atomic E-state index is -0.348. The summed E-state index contributed by atoms with van der Waals surface area (Å²) in [6.07, 6.45) is 18.1. The van der Waals surface area contributed by atoms with Crippen molar-refractivity contribution >= 4 is 5.97 Å². The predicted octanol–water partition coefficient (Wildman–Crippen LogP) is 11.3. The first kappa shape index (κ1) is 32.6. The van der Waals surface area contributed by atoms with Gasteiger partial charge in [0, 0.05) is 6.61 Å². The molecule has 0 aliphatic heterocycles. The SMILES string of the molecule is CCCCCCCCCCCCOC(C)c1ccc(C(=O)Oc2ccc(-c3ccc(CCCCC)cc3)cc2)cc1. The molecule has 3 rings (SSSR count). The van der Waals surface area contributed by atoms with Crippen LogP contribution in [0.4, 0.5) is 0 Å². The second kappa shape index (κ2) is 19.3. The Morgan fingerprint density at radius 2 is 1.12 bits per heavy atom. The van der Waals surface area contributed by atoms with Crippen LogP contribution in [-0.4, -0.2) is 12.6 Å². The summed E-state index contributed by atoms with van der Waals surface area (Å²) < 4.78 is 11.7. The summed E-state index contributed by atoms with van der Waals surface area (Å²) in [5.74, 6) is 0.201. The van der Waals surface area contributed by atoms with Crippen LogP contribution in [0, 0.1) is 0 Å². The fourth-order valence-corrected chi connectivity index (χ4v) is 5.16. The maximum atomic E-state index is 12.7. The van der Waals surface area contributed by atoms with Crippen molar-refractivity contribution in [3.63, 3.8) is 0 Å². The van der Waals surface area contributed by atoms with Gasteiger partial charge in [-0.05, 0) is 72.7 Å². The lowest BCUT2D eigenvalue weighted by molar-refractivity contribution is 0.0626. The second-order valence-electron chi connectivity index (χ2n) is 11.4. The van der Waals surface area contributed by atoms with Gasteiger partial charge >= 0.3 is 5.97 Å². The summed E-state index contributed by atoms with van der Waals surface area (Å²) in [5.41, 5.74) is 5.28. The molecule has 0 aromatic heterocycles. The quantitative estimate of drug-likeness (QED) is 0.0788. The minimum Gasteiger partial charge on any atom is -0.423 e. The molecule has 0 saturated carbocycles. The van der Waals surface area contributed by atoms with E-state index in [0.717, 1.165) is 30.6 Å². The van der Waals surface area contributed by atoms with Crippen LogP contribution in [-0.2, 0) is 11.2 Å². The van der Waals surface area contributed by atoms with Gasteiger partial charge in [0.2, 0.25) is 0 Å². The van der Waals surface area contributed by atoms with E-state index in [1.165, 1.54) is 88.2 Å². The number of benzene rings is 3. The van der Waals surface area contributed by atoms with E-state index in [2.05, 4.69) is 45.0 Å². The first-order valence-electron chi connectivity index (χ1n) is 16.2. The number of unbranched alkanes of at least 4 members (excludes halogenated alkanes) is 11. The highest BCUT2D eigenvalue weighted by Gasteiger charge is 2.11. The summed E-state index contributed by atoms with van der Waals surface area (Å²) in [4.78, 5) is 12.7. The standard InChI is InChI=1S/C38H52O3/c1-4-6-8-9-10-11-12-13-14-16-30-40-31(3)33-22-24-36(25-23-33)38(39)41-37-28-26-35(27-29-37)34-20-18-32(19-21-34)17-15-7-5-2/h18-29,31H,4-17,30H2,1-3H3. The molecule has 0 fully saturated rings. The second-order valence-corrected chi connectivity index (χ2v) is 11.4. The molecule has 222 valence electrons. The van der Waals surface area contributed by atoms with E-state index in [1.807, 2.05) is 48.5 Å². The topological polar surface area (TPSA) is 35.5 Å². The molecule has 0 spiro atoms. The highest BCUT2D eigenvalue weighted by Crippen LogP contribution is 2.24. The van der Waals surface area contributed by atoms with Gasteiger partial charge in [0.25, 0.3) is 0 Å². The van der Waals surface area contributed by atoms with Crippen molar-refractivity contribution in [3.8, 4) is 16.9 Å². The van der Waals surface area contributed by atoms with Crippen molar-refractivity contribution in [2.24, 2.45) is 0 Å². The van der Waals surface area contributed by atoms with Crippen LogP contribution in [0.3, 0.4) is 0 Å². The first-order valence-corrected chi connectivity index (χ1v) is 16.2. The Balaban J connectivity index is 1.36. The molecule has 1 atom stereocenters. The number of carbonyl (C=O) groups excluding carboxylic acids is 1. The molecule has 3 heteroatoms. The molecule has 0 heterocycles. The highest BCUT2D eigenvalue weighted by atomic mass is 16.5. The fourth-order valence-electron chi connectivity index (χ4n) is 5.16. The van der Waals surface area contributed by atoms with Gasteiger partial charge in [-0.3, -0.25) is 0 Å². The third-order valence-electron chi connectivity index (χ3n) is 7.90. The van der Waals surface area contributed by atoms with E-state index >= 15 is 0 Å². The summed E-state index contributed by atoms with van der Waals surface area (Å²) in [7, 11) is 0. The lowest BCUT2D eigenvalue weighted by Crippen LogP contribution is -2.09. The van der Waals surface area contributed by atoms with Crippen molar-refractivity contribution in [2.75, 3.05) is 6.61 Å². The normalized spacial score (nSPS) is 11.9. The van der Waals surface area contributed by atoms with E-state index in [0.29, 0.717) is 11.3 Å². The zero-order valence-electron chi connectivity index (χ0n) is 25.8. The molecule has 3 aromatic rings. The lowest BCUT2D eigenvalue weighted by Gasteiger charge is -2.14. The molecule has 3 aromatic carbocycles. The fraction of sp³-hybridized carbons (Fsp3) is 0.500. The Hall–Kier alpha value is -2.91. The van der Waals surface area contributed by atoms with E-state index in [9.17, 15) is 4.79 Å². The Morgan fingerprint density at radius 3 is 1.71 bits per heavy atom. The number of rotatable bonds is 20. The van der Waals surface area contributed by atoms with Gasteiger partial charge < -0.3 is 9.47 Å². The van der Waals surface area contributed by atoms with Crippen LogP contribution in [0.1, 0.15) is 132 Å². The van der Waals surface area contributed by atoms with E-state index in [1.54, 1.807) is 0 Å². The predicted molar refractivity (Wildman–Crippen MR) is 173 cm³/mol. The average molecular weight is 557 g/mol. The highest BCUT2D eigenvalue weighted by molar-refractivity contribution is 5.91. The van der Waals surface area contributed by atoms with Crippen LogP contribution in [0.5, 0.6) is 5.75 Å². The Morgan fingerprint density at radius 1 is 0.610 bits per heavy atom. The third kappa shape index (κ3) is 12.2. The summed E-state index contributed by atoms with van der Waals surface area (Å²) in [6.45, 7) is 7.35. The molecule has 0 saturated heterocycles. The smallest absolute Gasteiger partial charge is 0.343 e. The van der Waals surface area contributed by atoms with Crippen LogP contribution in [0.25, 0.3) is 11.1 Å². The molecule has 0 radical (unpaired) electrons. The monoisotopic (exact) mass is 556 g/mol. The largest absolute Gasteiger partial charge is 0.423 e. The molecule has 41 heavy (non-hydrogen) atoms. The molecular formula is C38H52O3. The number of aryl methyl sites for hydroxylation is 1. The Bertz CT molecular complexity index is 1100. The minimum absolute atomic E-state index is 0.0107. The summed E-state index contributed by atoms with van der Waals surface area (Å²) >= 11 is 0. The van der Waals surface area contributed by atoms with Gasteiger partial charge in [-0.2, -0.15) is 0 Å². The number of carbonyl (C=O) groups is 1. The van der Waals surface area contributed by atoms with Gasteiger partial charge in [-0.25, -0.2) is 4.79 Å². The number of hydrogen-bond donors (Lipinski definition) is 0. The van der Waals surface area contributed by atoms with Crippen molar-refractivity contribution in [3.05, 3.63) is 89.5 Å². The molecule has 1 unspecified atom stereocenters. The maximum absolute atomic E-state index is 12.7. The van der Waals surface area contributed by atoms with Crippen LogP contribution in [0.2, 0.25) is 0 Å². The Labute approximate surface area is 249 Å². The van der Waals surface area contributed by atoms with Gasteiger partial charge in [-0.15, -0.1) is 0 Å². The maximum Gasteiger partial charge on any atom is 0.343 e. The first-order chi connectivity index (χ1) is 20.1. The Kier molecular flexibility index (Phi) is 15.3. The number of ether oxygens (including phenoxy) is 2. The molecule has 0 bridgehead atoms. The van der Waals surface area contributed by atoms with Gasteiger partial charge in [0.15, 0.2) is 0 Å². The lowest BCUT2D eigenvalue weighted by atomic mass is 10.0. The third-order valence-corrected chi connectivity index (χ3v) is 7.90. The molecule has 0 aliphatic carbocycles. The zero-order valence-corrected chi connectivity index (χ0v) is 25.8. The number of hydrogen-bond acceptors (Lipinski definition) is 3. The summed E-state index contributed by atoms with van der Waals surface area (Å²) in [6, 6.07) is 24.1. The van der Waals surface area contributed by atoms with Crippen molar-refractivity contribution in [1.82, 2.24) is 0 Å². The molecule has 0 aliphatic rings. The zero-order chi connectivity index (χ0) is 29.1. The number of esters is 1. The van der Waals surface area contributed by atoms with E-state index in [4.69, 9.17) is 9.47 Å². The molecule has 0 amide bonds. The van der Waals surface area contributed by atoms with E-state index in [-0.39, 0.29) is 12.1 Å². The van der Waals surface area contributed by atoms with Gasteiger partial charge in [-0.1, -0.05) is 133 Å². The van der Waals surface area contributed by atoms with E-state index < -0.39 is 0 Å². The molecule has 0 N–H and O–H groups in total. The van der Waals surface area contributed by atoms with Crippen LogP contribution in [0.15, 0.2) is 72.8 Å². The van der Waals surface area contributed by atoms with Gasteiger partial charge in [0.1, 0.15) is 5.75 Å². The van der Waals surface area contributed by atoms with Crippen LogP contribution >= 0.6 is 0 Å². The van der Waals surface area contributed by atoms with Crippen LogP contribution < -0.4 is 4.74 Å². The van der Waals surface area contributed by atoms with Crippen molar-refractivity contribution < 1.29 is 14.3 Å². The summed E-state index contributed by atoms with van der Waals surface area (Å²) in [5, 5.41) is 0. The van der Waals surface area contributed by atoms with Gasteiger partial charge in [0.05, 0.1) is 11.7 Å². The van der Waals surface area contributed by atoms with Crippen molar-refractivity contribution in [1.29, 1.82) is 0 Å². The average Bonchev–Trinajstić information content (AvgIpc) is 3.01. The van der Waals surface area contributed by atoms with Crippen molar-refractivity contribution in [2.45, 2.75) is 117 Å². The molecule has 3 nitrogen and oxygen atoms in total.